The van der Waals surface area contributed by atoms with Crippen molar-refractivity contribution in [3.63, 3.8) is 0 Å². The van der Waals surface area contributed by atoms with Crippen LogP contribution in [-0.4, -0.2) is 50.5 Å². The van der Waals surface area contributed by atoms with E-state index in [9.17, 15) is 23.4 Å². The number of benzene rings is 3. The Balaban J connectivity index is 1.14. The lowest BCUT2D eigenvalue weighted by molar-refractivity contribution is 0.0950. The molecular formula is C31H34N6O5S2. The summed E-state index contributed by atoms with van der Waals surface area (Å²) >= 11 is 0.971. The number of hydrogen-bond acceptors (Lipinski definition) is 9. The van der Waals surface area contributed by atoms with E-state index in [1.54, 1.807) is 60.9 Å². The molecule has 13 heteroatoms. The molecule has 5 N–H and O–H groups in total. The number of sulfonamides is 1. The predicted molar refractivity (Wildman–Crippen MR) is 170 cm³/mol. The molecule has 2 aromatic heterocycles. The maximum atomic E-state index is 12.7. The summed E-state index contributed by atoms with van der Waals surface area (Å²) in [7, 11) is -3.74. The van der Waals surface area contributed by atoms with Gasteiger partial charge in [-0.1, -0.05) is 30.3 Å². The number of aromatic nitrogens is 3. The zero-order chi connectivity index (χ0) is 31.3. The largest absolute Gasteiger partial charge is 0.498 e. The lowest BCUT2D eigenvalue weighted by Gasteiger charge is -2.28. The number of amides is 1. The van der Waals surface area contributed by atoms with Gasteiger partial charge in [-0.2, -0.15) is 4.37 Å². The first-order valence-corrected chi connectivity index (χ1v) is 16.2. The van der Waals surface area contributed by atoms with Gasteiger partial charge in [0.15, 0.2) is 5.06 Å². The summed E-state index contributed by atoms with van der Waals surface area (Å²) in [5.74, 6) is -0.253. The van der Waals surface area contributed by atoms with Crippen molar-refractivity contribution in [2.45, 2.75) is 49.9 Å². The SMILES string of the molecule is CC(C)(CCn1cnc2cc(C(=O)NCc3cc(O)sn3)ccc21)NC[C@H](O)c1cccc(NS(=O)(=O)c2ccccc2)c1. The van der Waals surface area contributed by atoms with Crippen molar-refractivity contribution in [1.29, 1.82) is 0 Å². The number of aliphatic hydroxyl groups is 1. The third-order valence-corrected chi connectivity index (χ3v) is 9.22. The predicted octanol–water partition coefficient (Wildman–Crippen LogP) is 4.42. The van der Waals surface area contributed by atoms with Crippen molar-refractivity contribution in [3.05, 3.63) is 102 Å². The number of β-amino-alcohol motifs (C(OH)–C–C–N with tert-alkyl or cyclic N) is 1. The number of anilines is 1. The fraction of sp³-hybridized carbons (Fsp3) is 0.258. The van der Waals surface area contributed by atoms with Crippen LogP contribution in [0.15, 0.2) is 90.1 Å². The van der Waals surface area contributed by atoms with E-state index in [0.717, 1.165) is 23.5 Å². The van der Waals surface area contributed by atoms with Gasteiger partial charge in [0.2, 0.25) is 0 Å². The average Bonchev–Trinajstić information content (AvgIpc) is 3.63. The summed E-state index contributed by atoms with van der Waals surface area (Å²) in [6.07, 6.45) is 1.62. The molecular weight excluding hydrogens is 601 g/mol. The van der Waals surface area contributed by atoms with Crippen LogP contribution in [0.1, 0.15) is 48.0 Å². The van der Waals surface area contributed by atoms with Crippen LogP contribution in [-0.2, 0) is 23.1 Å². The molecule has 0 saturated carbocycles. The summed E-state index contributed by atoms with van der Waals surface area (Å²) < 4.78 is 34.0. The number of aryl methyl sites for hydroxylation is 1. The molecule has 5 rings (SSSR count). The first-order valence-electron chi connectivity index (χ1n) is 14.0. The molecule has 44 heavy (non-hydrogen) atoms. The standard InChI is InChI=1S/C31H34N6O5S2/c1-31(2,34-19-28(38)21-7-6-8-23(15-21)36-44(41,42)25-9-4-3-5-10-25)13-14-37-20-33-26-16-22(11-12-27(26)37)30(40)32-18-24-17-29(39)43-35-24/h3-12,15-17,20,28,34,36,38-39H,13-14,18-19H2,1-2H3,(H,32,40)/t28-/m0/s1. The van der Waals surface area contributed by atoms with Crippen LogP contribution in [0.3, 0.4) is 0 Å². The lowest BCUT2D eigenvalue weighted by Crippen LogP contribution is -2.42. The van der Waals surface area contributed by atoms with Crippen molar-refractivity contribution in [2.75, 3.05) is 11.3 Å². The molecule has 0 radical (unpaired) electrons. The molecule has 0 saturated heterocycles. The molecule has 230 valence electrons. The van der Waals surface area contributed by atoms with E-state index in [1.807, 2.05) is 24.5 Å². The number of nitrogens with zero attached hydrogens (tertiary/aromatic N) is 3. The second-order valence-electron chi connectivity index (χ2n) is 11.1. The first kappa shape index (κ1) is 31.1. The number of aromatic hydroxyl groups is 1. The van der Waals surface area contributed by atoms with E-state index in [4.69, 9.17) is 0 Å². The summed E-state index contributed by atoms with van der Waals surface area (Å²) in [4.78, 5) is 17.3. The molecule has 0 bridgehead atoms. The fourth-order valence-corrected chi connectivity index (χ4v) is 6.23. The Morgan fingerprint density at radius 1 is 1.05 bits per heavy atom. The minimum absolute atomic E-state index is 0.104. The number of imidazole rings is 1. The maximum absolute atomic E-state index is 12.7. The minimum atomic E-state index is -3.74. The summed E-state index contributed by atoms with van der Waals surface area (Å²) in [5.41, 5.74) is 3.30. The highest BCUT2D eigenvalue weighted by Gasteiger charge is 2.21. The Kier molecular flexibility index (Phi) is 9.30. The van der Waals surface area contributed by atoms with E-state index in [1.165, 1.54) is 18.2 Å². The van der Waals surface area contributed by atoms with Crippen LogP contribution in [0.25, 0.3) is 11.0 Å². The molecule has 1 atom stereocenters. The molecule has 5 aromatic rings. The zero-order valence-electron chi connectivity index (χ0n) is 24.3. The molecule has 0 aliphatic carbocycles. The van der Waals surface area contributed by atoms with Crippen molar-refractivity contribution in [2.24, 2.45) is 0 Å². The highest BCUT2D eigenvalue weighted by molar-refractivity contribution is 7.92. The van der Waals surface area contributed by atoms with Crippen molar-refractivity contribution < 1.29 is 23.4 Å². The van der Waals surface area contributed by atoms with Crippen LogP contribution >= 0.6 is 11.5 Å². The molecule has 0 spiro atoms. The van der Waals surface area contributed by atoms with Gasteiger partial charge >= 0.3 is 0 Å². The number of nitrogens with one attached hydrogen (secondary N) is 3. The molecule has 2 heterocycles. The van der Waals surface area contributed by atoms with E-state index in [-0.39, 0.29) is 34.5 Å². The third kappa shape index (κ3) is 7.80. The van der Waals surface area contributed by atoms with E-state index in [2.05, 4.69) is 24.7 Å². The number of carbonyl (C=O) groups is 1. The van der Waals surface area contributed by atoms with Crippen molar-refractivity contribution >= 4 is 44.2 Å². The quantitative estimate of drug-likeness (QED) is 0.127. The summed E-state index contributed by atoms with van der Waals surface area (Å²) in [5, 5.41) is 26.6. The van der Waals surface area contributed by atoms with E-state index >= 15 is 0 Å². The highest BCUT2D eigenvalue weighted by Crippen LogP contribution is 2.23. The van der Waals surface area contributed by atoms with Gasteiger partial charge in [0.25, 0.3) is 15.9 Å². The fourth-order valence-electron chi connectivity index (χ4n) is 4.64. The van der Waals surface area contributed by atoms with Crippen LogP contribution in [0.4, 0.5) is 5.69 Å². The Bertz CT molecular complexity index is 1850. The third-order valence-electron chi connectivity index (χ3n) is 7.19. The Morgan fingerprint density at radius 2 is 1.84 bits per heavy atom. The van der Waals surface area contributed by atoms with Gasteiger partial charge in [0.05, 0.1) is 40.6 Å². The van der Waals surface area contributed by atoms with Gasteiger partial charge < -0.3 is 25.4 Å². The smallest absolute Gasteiger partial charge is 0.261 e. The molecule has 0 fully saturated rings. The van der Waals surface area contributed by atoms with E-state index < -0.39 is 16.1 Å². The summed E-state index contributed by atoms with van der Waals surface area (Å²) in [6.45, 7) is 5.24. The molecule has 1 amide bonds. The maximum Gasteiger partial charge on any atom is 0.261 e. The normalized spacial score (nSPS) is 12.7. The molecule has 0 unspecified atom stereocenters. The lowest BCUT2D eigenvalue weighted by atomic mass is 9.99. The number of hydrogen-bond donors (Lipinski definition) is 5. The van der Waals surface area contributed by atoms with Crippen LogP contribution < -0.4 is 15.4 Å². The second kappa shape index (κ2) is 13.1. The number of rotatable bonds is 13. The molecule has 11 nitrogen and oxygen atoms in total. The minimum Gasteiger partial charge on any atom is -0.498 e. The van der Waals surface area contributed by atoms with Crippen molar-refractivity contribution in [1.82, 2.24) is 24.6 Å². The topological polar surface area (TPSA) is 158 Å². The Hall–Kier alpha value is -4.30. The van der Waals surface area contributed by atoms with E-state index in [0.29, 0.717) is 34.6 Å². The molecule has 0 aliphatic rings. The van der Waals surface area contributed by atoms with Gasteiger partial charge in [0, 0.05) is 47.5 Å². The highest BCUT2D eigenvalue weighted by atomic mass is 32.2. The Labute approximate surface area is 259 Å². The molecule has 3 aromatic carbocycles. The first-order chi connectivity index (χ1) is 21.0. The van der Waals surface area contributed by atoms with Gasteiger partial charge in [0.1, 0.15) is 0 Å². The van der Waals surface area contributed by atoms with Gasteiger partial charge in [-0.05, 0) is 68.3 Å². The van der Waals surface area contributed by atoms with Gasteiger partial charge in [-0.25, -0.2) is 13.4 Å². The number of fused-ring (bicyclic) bond motifs is 1. The number of carbonyl (C=O) groups excluding carboxylic acids is 1. The van der Waals surface area contributed by atoms with Crippen LogP contribution in [0.2, 0.25) is 0 Å². The van der Waals surface area contributed by atoms with Crippen LogP contribution in [0, 0.1) is 0 Å². The van der Waals surface area contributed by atoms with Crippen LogP contribution in [0.5, 0.6) is 5.06 Å². The monoisotopic (exact) mass is 634 g/mol. The second-order valence-corrected chi connectivity index (χ2v) is 13.5. The van der Waals surface area contributed by atoms with Gasteiger partial charge in [-0.15, -0.1) is 0 Å². The van der Waals surface area contributed by atoms with Crippen molar-refractivity contribution in [3.8, 4) is 5.06 Å². The number of aliphatic hydroxyl groups excluding tert-OH is 1. The summed E-state index contributed by atoms with van der Waals surface area (Å²) in [6, 6.07) is 21.8. The zero-order valence-corrected chi connectivity index (χ0v) is 25.9. The molecule has 0 aliphatic heterocycles. The average molecular weight is 635 g/mol. The van der Waals surface area contributed by atoms with Gasteiger partial charge in [-0.3, -0.25) is 9.52 Å². The Morgan fingerprint density at radius 3 is 2.59 bits per heavy atom.